The minimum Gasteiger partial charge on any atom is -0.356 e. The molecule has 2 aromatic rings. The Bertz CT molecular complexity index is 774. The van der Waals surface area contributed by atoms with Gasteiger partial charge >= 0.3 is 0 Å². The van der Waals surface area contributed by atoms with E-state index < -0.39 is 0 Å². The van der Waals surface area contributed by atoms with Crippen molar-refractivity contribution in [3.05, 3.63) is 30.6 Å². The molecule has 7 nitrogen and oxygen atoms in total. The number of nitrogens with one attached hydrogen (secondary N) is 2. The first kappa shape index (κ1) is 21.5. The normalized spacial score (nSPS) is 17.0. The van der Waals surface area contributed by atoms with Crippen LogP contribution in [-0.2, 0) is 11.3 Å². The molecule has 2 heterocycles. The molecule has 1 atom stereocenters. The van der Waals surface area contributed by atoms with Crippen molar-refractivity contribution in [3.63, 3.8) is 0 Å². The van der Waals surface area contributed by atoms with Crippen LogP contribution in [0.5, 0.6) is 0 Å². The first-order valence-electron chi connectivity index (χ1n) is 9.36. The van der Waals surface area contributed by atoms with E-state index >= 15 is 0 Å². The van der Waals surface area contributed by atoms with E-state index in [-0.39, 0.29) is 35.9 Å². The maximum Gasteiger partial charge on any atom is 0.222 e. The fourth-order valence-corrected chi connectivity index (χ4v) is 3.36. The Labute approximate surface area is 177 Å². The van der Waals surface area contributed by atoms with Gasteiger partial charge in [-0.2, -0.15) is 0 Å². The molecular weight excluding hydrogens is 455 g/mol. The molecule has 148 valence electrons. The van der Waals surface area contributed by atoms with Crippen LogP contribution in [0.15, 0.2) is 35.6 Å². The molecule has 1 unspecified atom stereocenters. The van der Waals surface area contributed by atoms with Crippen molar-refractivity contribution in [3.8, 4) is 0 Å². The zero-order chi connectivity index (χ0) is 18.4. The lowest BCUT2D eigenvalue weighted by molar-refractivity contribution is -0.129. The number of carbonyl (C=O) groups excluding carboxylic acids is 1. The van der Waals surface area contributed by atoms with E-state index in [0.29, 0.717) is 6.42 Å². The second-order valence-electron chi connectivity index (χ2n) is 6.60. The number of aromatic nitrogens is 2. The number of likely N-dealkylation sites (tertiary alicyclic amines) is 1. The molecule has 2 N–H and O–H groups in total. The van der Waals surface area contributed by atoms with Gasteiger partial charge in [0.2, 0.25) is 5.91 Å². The van der Waals surface area contributed by atoms with Crippen molar-refractivity contribution in [1.29, 1.82) is 0 Å². The molecule has 0 saturated carbocycles. The summed E-state index contributed by atoms with van der Waals surface area (Å²) < 4.78 is 2.18. The van der Waals surface area contributed by atoms with E-state index in [1.54, 1.807) is 7.05 Å². The van der Waals surface area contributed by atoms with Crippen molar-refractivity contribution in [1.82, 2.24) is 25.1 Å². The highest BCUT2D eigenvalue weighted by molar-refractivity contribution is 14.0. The minimum absolute atomic E-state index is 0. The molecule has 0 bridgehead atoms. The molecule has 0 aliphatic carbocycles. The third-order valence-electron chi connectivity index (χ3n) is 4.80. The molecule has 1 aliphatic rings. The van der Waals surface area contributed by atoms with Gasteiger partial charge in [-0.05, 0) is 25.0 Å². The second-order valence-corrected chi connectivity index (χ2v) is 6.60. The number of halogens is 1. The molecule has 0 radical (unpaired) electrons. The highest BCUT2D eigenvalue weighted by atomic mass is 127. The average molecular weight is 484 g/mol. The first-order chi connectivity index (χ1) is 12.7. The van der Waals surface area contributed by atoms with Gasteiger partial charge in [-0.25, -0.2) is 4.98 Å². The highest BCUT2D eigenvalue weighted by Gasteiger charge is 2.25. The number of nitrogens with zero attached hydrogens (tertiary/aromatic N) is 4. The van der Waals surface area contributed by atoms with Crippen molar-refractivity contribution in [2.24, 2.45) is 4.99 Å². The predicted octanol–water partition coefficient (Wildman–Crippen LogP) is 2.22. The van der Waals surface area contributed by atoms with E-state index in [1.807, 2.05) is 36.4 Å². The van der Waals surface area contributed by atoms with Crippen molar-refractivity contribution in [2.45, 2.75) is 38.8 Å². The lowest BCUT2D eigenvalue weighted by atomic mass is 10.3. The second kappa shape index (κ2) is 10.5. The number of aliphatic imine (C=N–C) groups is 1. The van der Waals surface area contributed by atoms with Crippen LogP contribution in [0.4, 0.5) is 0 Å². The Morgan fingerprint density at radius 3 is 2.96 bits per heavy atom. The molecule has 1 aromatic heterocycles. The summed E-state index contributed by atoms with van der Waals surface area (Å²) in [6.45, 7) is 5.24. The molecule has 27 heavy (non-hydrogen) atoms. The number of rotatable bonds is 6. The Morgan fingerprint density at radius 2 is 2.19 bits per heavy atom. The zero-order valence-electron chi connectivity index (χ0n) is 16.0. The number of amides is 1. The smallest absolute Gasteiger partial charge is 0.222 e. The van der Waals surface area contributed by atoms with Crippen molar-refractivity contribution < 1.29 is 4.79 Å². The summed E-state index contributed by atoms with van der Waals surface area (Å²) >= 11 is 0. The van der Waals surface area contributed by atoms with Crippen LogP contribution in [0.1, 0.15) is 26.2 Å². The molecule has 8 heteroatoms. The molecule has 3 rings (SSSR count). The minimum atomic E-state index is 0. The summed E-state index contributed by atoms with van der Waals surface area (Å²) in [7, 11) is 1.78. The fourth-order valence-electron chi connectivity index (χ4n) is 3.36. The molecule has 1 amide bonds. The number of hydrogen-bond donors (Lipinski definition) is 2. The summed E-state index contributed by atoms with van der Waals surface area (Å²) in [5.41, 5.74) is 2.20. The van der Waals surface area contributed by atoms with Gasteiger partial charge in [-0.3, -0.25) is 9.79 Å². The maximum atomic E-state index is 11.8. The standard InChI is InChI=1S/C19H28N6O.HI/c1-3-18(26)24-12-9-15(13-24)23-19(20-2)21-10-6-11-25-14-22-16-7-4-5-8-17(16)25;/h4-5,7-8,14-15H,3,6,9-13H2,1-2H3,(H2,20,21,23);1H. The largest absolute Gasteiger partial charge is 0.356 e. The molecular formula is C19H29IN6O. The van der Waals surface area contributed by atoms with Gasteiger partial charge in [-0.15, -0.1) is 24.0 Å². The summed E-state index contributed by atoms with van der Waals surface area (Å²) in [6.07, 6.45) is 4.41. The zero-order valence-corrected chi connectivity index (χ0v) is 18.3. The van der Waals surface area contributed by atoms with Gasteiger partial charge < -0.3 is 20.1 Å². The van der Waals surface area contributed by atoms with E-state index in [0.717, 1.165) is 50.5 Å². The molecule has 1 saturated heterocycles. The van der Waals surface area contributed by atoms with Crippen molar-refractivity contribution in [2.75, 3.05) is 26.7 Å². The average Bonchev–Trinajstić information content (AvgIpc) is 3.30. The number of hydrogen-bond acceptors (Lipinski definition) is 3. The number of imidazole rings is 1. The van der Waals surface area contributed by atoms with E-state index in [1.165, 1.54) is 5.52 Å². The number of fused-ring (bicyclic) bond motifs is 1. The van der Waals surface area contributed by atoms with Crippen LogP contribution in [0.25, 0.3) is 11.0 Å². The topological polar surface area (TPSA) is 74.6 Å². The van der Waals surface area contributed by atoms with Gasteiger partial charge in [0.15, 0.2) is 5.96 Å². The Kier molecular flexibility index (Phi) is 8.33. The number of benzene rings is 1. The van der Waals surface area contributed by atoms with Crippen LogP contribution in [0.2, 0.25) is 0 Å². The SMILES string of the molecule is CCC(=O)N1CCC(NC(=NC)NCCCn2cnc3ccccc32)C1.I. The third-order valence-corrected chi connectivity index (χ3v) is 4.80. The molecule has 1 aliphatic heterocycles. The summed E-state index contributed by atoms with van der Waals surface area (Å²) in [6, 6.07) is 8.45. The van der Waals surface area contributed by atoms with Crippen LogP contribution < -0.4 is 10.6 Å². The Hall–Kier alpha value is -1.84. The van der Waals surface area contributed by atoms with Gasteiger partial charge in [0.05, 0.1) is 17.4 Å². The fraction of sp³-hybridized carbons (Fsp3) is 0.526. The van der Waals surface area contributed by atoms with Gasteiger partial charge in [0.1, 0.15) is 0 Å². The molecule has 1 fully saturated rings. The summed E-state index contributed by atoms with van der Waals surface area (Å²) in [4.78, 5) is 22.4. The predicted molar refractivity (Wildman–Crippen MR) is 120 cm³/mol. The molecule has 1 aromatic carbocycles. The van der Waals surface area contributed by atoms with Crippen molar-refractivity contribution >= 4 is 46.9 Å². The highest BCUT2D eigenvalue weighted by Crippen LogP contribution is 2.12. The van der Waals surface area contributed by atoms with E-state index in [4.69, 9.17) is 0 Å². The summed E-state index contributed by atoms with van der Waals surface area (Å²) in [5.74, 6) is 1.03. The number of aryl methyl sites for hydroxylation is 1. The number of guanidine groups is 1. The Morgan fingerprint density at radius 1 is 1.37 bits per heavy atom. The number of para-hydroxylation sites is 2. The maximum absolute atomic E-state index is 11.8. The van der Waals surface area contributed by atoms with Gasteiger partial charge in [0.25, 0.3) is 0 Å². The first-order valence-corrected chi connectivity index (χ1v) is 9.36. The van der Waals surface area contributed by atoms with Crippen LogP contribution in [0.3, 0.4) is 0 Å². The van der Waals surface area contributed by atoms with E-state index in [2.05, 4.69) is 31.2 Å². The monoisotopic (exact) mass is 484 g/mol. The van der Waals surface area contributed by atoms with Gasteiger partial charge in [-0.1, -0.05) is 19.1 Å². The van der Waals surface area contributed by atoms with Gasteiger partial charge in [0, 0.05) is 45.7 Å². The van der Waals surface area contributed by atoms with Crippen LogP contribution in [-0.4, -0.2) is 59.0 Å². The quantitative estimate of drug-likeness (QED) is 0.286. The van der Waals surface area contributed by atoms with Crippen LogP contribution >= 0.6 is 24.0 Å². The van der Waals surface area contributed by atoms with E-state index in [9.17, 15) is 4.79 Å². The lowest BCUT2D eigenvalue weighted by Gasteiger charge is -2.18. The number of carbonyl (C=O) groups is 1. The lowest BCUT2D eigenvalue weighted by Crippen LogP contribution is -2.45. The Balaban J connectivity index is 0.00000261. The molecule has 0 spiro atoms. The summed E-state index contributed by atoms with van der Waals surface area (Å²) in [5, 5.41) is 6.79. The third kappa shape index (κ3) is 5.57. The van der Waals surface area contributed by atoms with Crippen LogP contribution in [0, 0.1) is 0 Å².